The van der Waals surface area contributed by atoms with E-state index >= 15 is 0 Å². The molecule has 0 bridgehead atoms. The van der Waals surface area contributed by atoms with Crippen molar-refractivity contribution in [3.05, 3.63) is 52.7 Å². The minimum atomic E-state index is -3.51. The van der Waals surface area contributed by atoms with E-state index in [2.05, 4.69) is 15.8 Å². The highest BCUT2D eigenvalue weighted by molar-refractivity contribution is 7.92. The Bertz CT molecular complexity index is 1040. The molecule has 1 aliphatic rings. The van der Waals surface area contributed by atoms with Crippen LogP contribution in [0.25, 0.3) is 0 Å². The first-order chi connectivity index (χ1) is 13.3. The van der Waals surface area contributed by atoms with Crippen LogP contribution < -0.4 is 9.62 Å². The molecule has 1 aromatic carbocycles. The Hall–Kier alpha value is -2.83. The lowest BCUT2D eigenvalue weighted by Crippen LogP contribution is -2.49. The molecule has 1 amide bonds. The summed E-state index contributed by atoms with van der Waals surface area (Å²) >= 11 is 6.02. The molecular weight excluding hydrogens is 402 g/mol. The van der Waals surface area contributed by atoms with Crippen molar-refractivity contribution in [1.82, 2.24) is 9.88 Å². The van der Waals surface area contributed by atoms with Crippen molar-refractivity contribution in [3.63, 3.8) is 0 Å². The van der Waals surface area contributed by atoms with E-state index in [1.54, 1.807) is 29.3 Å². The third-order valence-electron chi connectivity index (χ3n) is 4.27. The van der Waals surface area contributed by atoms with Gasteiger partial charge < -0.3 is 9.80 Å². The molecule has 1 aliphatic heterocycles. The van der Waals surface area contributed by atoms with Crippen molar-refractivity contribution in [2.45, 2.75) is 0 Å². The van der Waals surface area contributed by atoms with Gasteiger partial charge in [-0.1, -0.05) is 11.6 Å². The molecule has 0 atom stereocenters. The number of piperazine rings is 1. The fourth-order valence-corrected chi connectivity index (χ4v) is 3.71. The summed E-state index contributed by atoms with van der Waals surface area (Å²) in [5.74, 6) is 0.504. The number of sulfonamides is 1. The van der Waals surface area contributed by atoms with Gasteiger partial charge in [0, 0.05) is 37.9 Å². The number of hydrogen-bond acceptors (Lipinski definition) is 6. The Labute approximate surface area is 168 Å². The van der Waals surface area contributed by atoms with Crippen molar-refractivity contribution in [2.24, 2.45) is 0 Å². The van der Waals surface area contributed by atoms with E-state index in [4.69, 9.17) is 16.9 Å². The number of aromatic nitrogens is 1. The van der Waals surface area contributed by atoms with Crippen LogP contribution in [0.15, 0.2) is 36.5 Å². The van der Waals surface area contributed by atoms with Gasteiger partial charge in [0.05, 0.1) is 28.6 Å². The molecule has 2 heterocycles. The molecule has 1 aromatic heterocycles. The van der Waals surface area contributed by atoms with Crippen molar-refractivity contribution in [3.8, 4) is 6.07 Å². The van der Waals surface area contributed by atoms with Gasteiger partial charge in [0.2, 0.25) is 10.0 Å². The van der Waals surface area contributed by atoms with E-state index in [0.717, 1.165) is 6.26 Å². The van der Waals surface area contributed by atoms with Crippen LogP contribution in [0, 0.1) is 11.3 Å². The van der Waals surface area contributed by atoms with E-state index in [0.29, 0.717) is 43.1 Å². The molecule has 10 heteroatoms. The lowest BCUT2D eigenvalue weighted by Gasteiger charge is -2.35. The molecule has 1 saturated heterocycles. The van der Waals surface area contributed by atoms with E-state index in [9.17, 15) is 13.2 Å². The number of anilines is 2. The van der Waals surface area contributed by atoms with Crippen LogP contribution in [0.5, 0.6) is 0 Å². The zero-order chi connectivity index (χ0) is 20.3. The first-order valence-corrected chi connectivity index (χ1v) is 10.7. The topological polar surface area (TPSA) is 106 Å². The van der Waals surface area contributed by atoms with Gasteiger partial charge >= 0.3 is 0 Å². The zero-order valence-electron chi connectivity index (χ0n) is 15.1. The summed E-state index contributed by atoms with van der Waals surface area (Å²) in [5.41, 5.74) is 1.07. The second-order valence-electron chi connectivity index (χ2n) is 6.36. The fraction of sp³-hybridized carbons (Fsp3) is 0.278. The maximum atomic E-state index is 12.8. The Kier molecular flexibility index (Phi) is 5.72. The fourth-order valence-electron chi connectivity index (χ4n) is 2.92. The van der Waals surface area contributed by atoms with E-state index < -0.39 is 10.0 Å². The van der Waals surface area contributed by atoms with Gasteiger partial charge in [-0.25, -0.2) is 13.4 Å². The van der Waals surface area contributed by atoms with Gasteiger partial charge in [0.25, 0.3) is 5.91 Å². The first kappa shape index (κ1) is 19.9. The molecule has 3 rings (SSSR count). The molecule has 0 spiro atoms. The average Bonchev–Trinajstić information content (AvgIpc) is 2.68. The molecule has 28 heavy (non-hydrogen) atoms. The van der Waals surface area contributed by atoms with Crippen LogP contribution >= 0.6 is 11.6 Å². The maximum absolute atomic E-state index is 12.8. The summed E-state index contributed by atoms with van der Waals surface area (Å²) in [6.45, 7) is 2.12. The highest BCUT2D eigenvalue weighted by Crippen LogP contribution is 2.25. The molecule has 1 fully saturated rings. The summed E-state index contributed by atoms with van der Waals surface area (Å²) in [5, 5.41) is 9.23. The second kappa shape index (κ2) is 8.04. The van der Waals surface area contributed by atoms with Gasteiger partial charge in [0.15, 0.2) is 0 Å². The van der Waals surface area contributed by atoms with Gasteiger partial charge in [-0.15, -0.1) is 0 Å². The highest BCUT2D eigenvalue weighted by Gasteiger charge is 2.23. The number of amides is 1. The Morgan fingerprint density at radius 2 is 1.93 bits per heavy atom. The number of carbonyl (C=O) groups excluding carboxylic acids is 1. The van der Waals surface area contributed by atoms with E-state index in [1.165, 1.54) is 12.1 Å². The van der Waals surface area contributed by atoms with Crippen LogP contribution in [0.4, 0.5) is 11.5 Å². The monoisotopic (exact) mass is 419 g/mol. The Morgan fingerprint density at radius 1 is 1.21 bits per heavy atom. The summed E-state index contributed by atoms with van der Waals surface area (Å²) in [6, 6.07) is 9.97. The van der Waals surface area contributed by atoms with Crippen LogP contribution in [-0.2, 0) is 10.0 Å². The summed E-state index contributed by atoms with van der Waals surface area (Å²) < 4.78 is 25.2. The van der Waals surface area contributed by atoms with Crippen LogP contribution in [-0.4, -0.2) is 56.6 Å². The largest absolute Gasteiger partial charge is 0.353 e. The highest BCUT2D eigenvalue weighted by atomic mass is 35.5. The lowest BCUT2D eigenvalue weighted by atomic mass is 10.1. The molecule has 0 unspecified atom stereocenters. The summed E-state index contributed by atoms with van der Waals surface area (Å²) in [6.07, 6.45) is 2.61. The van der Waals surface area contributed by atoms with Crippen molar-refractivity contribution in [2.75, 3.05) is 42.1 Å². The Morgan fingerprint density at radius 3 is 2.57 bits per heavy atom. The molecular formula is C18H18ClN5O3S. The van der Waals surface area contributed by atoms with Crippen LogP contribution in [0.3, 0.4) is 0 Å². The maximum Gasteiger partial charge on any atom is 0.254 e. The number of nitrogens with one attached hydrogen (secondary N) is 1. The van der Waals surface area contributed by atoms with Crippen LogP contribution in [0.2, 0.25) is 5.02 Å². The van der Waals surface area contributed by atoms with E-state index in [-0.39, 0.29) is 16.6 Å². The quantitative estimate of drug-likeness (QED) is 0.811. The average molecular weight is 420 g/mol. The van der Waals surface area contributed by atoms with Gasteiger partial charge in [-0.3, -0.25) is 9.52 Å². The molecule has 0 saturated carbocycles. The predicted molar refractivity (Wildman–Crippen MR) is 107 cm³/mol. The molecule has 0 aliphatic carbocycles. The number of nitrogens with zero attached hydrogens (tertiary/aromatic N) is 4. The number of carbonyl (C=O) groups is 1. The number of pyridine rings is 1. The Balaban J connectivity index is 1.70. The smallest absolute Gasteiger partial charge is 0.254 e. The molecule has 0 radical (unpaired) electrons. The van der Waals surface area contributed by atoms with Crippen molar-refractivity contribution < 1.29 is 13.2 Å². The molecule has 1 N–H and O–H groups in total. The standard InChI is InChI=1S/C18H18ClN5O3S/c1-28(26,27)22-16-11-14(2-3-15(16)19)18(25)24-8-6-23(7-9-24)17-10-13(12-20)4-5-21-17/h2-5,10-11,22H,6-9H2,1H3. The summed E-state index contributed by atoms with van der Waals surface area (Å²) in [7, 11) is -3.51. The van der Waals surface area contributed by atoms with Crippen LogP contribution in [0.1, 0.15) is 15.9 Å². The number of rotatable bonds is 4. The number of benzene rings is 1. The molecule has 8 nitrogen and oxygen atoms in total. The van der Waals surface area contributed by atoms with Gasteiger partial charge in [-0.05, 0) is 30.3 Å². The lowest BCUT2D eigenvalue weighted by molar-refractivity contribution is 0.0746. The third kappa shape index (κ3) is 4.71. The molecule has 2 aromatic rings. The van der Waals surface area contributed by atoms with Crippen molar-refractivity contribution >= 4 is 39.0 Å². The third-order valence-corrected chi connectivity index (χ3v) is 5.19. The normalized spacial score (nSPS) is 14.5. The first-order valence-electron chi connectivity index (χ1n) is 8.44. The van der Waals surface area contributed by atoms with Crippen molar-refractivity contribution in [1.29, 1.82) is 5.26 Å². The minimum Gasteiger partial charge on any atom is -0.353 e. The molecule has 146 valence electrons. The number of nitriles is 1. The SMILES string of the molecule is CS(=O)(=O)Nc1cc(C(=O)N2CCN(c3cc(C#N)ccn3)CC2)ccc1Cl. The van der Waals surface area contributed by atoms with E-state index in [1.807, 2.05) is 4.90 Å². The minimum absolute atomic E-state index is 0.172. The number of halogens is 1. The summed E-state index contributed by atoms with van der Waals surface area (Å²) in [4.78, 5) is 20.8. The zero-order valence-corrected chi connectivity index (χ0v) is 16.7. The number of hydrogen-bond donors (Lipinski definition) is 1. The van der Waals surface area contributed by atoms with Gasteiger partial charge in [0.1, 0.15) is 5.82 Å². The van der Waals surface area contributed by atoms with Gasteiger partial charge in [-0.2, -0.15) is 5.26 Å². The predicted octanol–water partition coefficient (Wildman–Crippen LogP) is 1.94. The second-order valence-corrected chi connectivity index (χ2v) is 8.52.